The molecule has 0 aromatic heterocycles. The Balaban J connectivity index is 1.87. The minimum absolute atomic E-state index is 0.196. The Morgan fingerprint density at radius 3 is 2.62 bits per heavy atom. The molecule has 1 heterocycles. The van der Waals surface area contributed by atoms with Crippen LogP contribution in [0.4, 0.5) is 5.69 Å². The van der Waals surface area contributed by atoms with Gasteiger partial charge >= 0.3 is 5.97 Å². The van der Waals surface area contributed by atoms with Gasteiger partial charge in [0, 0.05) is 12.2 Å². The van der Waals surface area contributed by atoms with Crippen molar-refractivity contribution in [3.8, 4) is 0 Å². The maximum atomic E-state index is 12.4. The van der Waals surface area contributed by atoms with Gasteiger partial charge < -0.3 is 10.1 Å². The smallest absolute Gasteiger partial charge is 0.315 e. The van der Waals surface area contributed by atoms with Gasteiger partial charge in [0.2, 0.25) is 0 Å². The number of benzene rings is 1. The summed E-state index contributed by atoms with van der Waals surface area (Å²) in [5.74, 6) is -0.467. The molecule has 7 heteroatoms. The van der Waals surface area contributed by atoms with Crippen LogP contribution in [-0.2, 0) is 30.3 Å². The second-order valence-electron chi connectivity index (χ2n) is 7.73. The Kier molecular flexibility index (Phi) is 6.69. The summed E-state index contributed by atoms with van der Waals surface area (Å²) in [6.45, 7) is 6.42. The zero-order valence-electron chi connectivity index (χ0n) is 16.0. The molecule has 6 nitrogen and oxygen atoms in total. The van der Waals surface area contributed by atoms with Gasteiger partial charge in [0.1, 0.15) is 11.5 Å². The number of carbonyl (C=O) groups is 1. The highest BCUT2D eigenvalue weighted by molar-refractivity contribution is 7.85. The lowest BCUT2D eigenvalue weighted by Gasteiger charge is -2.22. The van der Waals surface area contributed by atoms with Gasteiger partial charge in [-0.15, -0.1) is 0 Å². The molecule has 1 aliphatic heterocycles. The molecule has 1 atom stereocenters. The number of hydrogen-bond donors (Lipinski definition) is 1. The fourth-order valence-corrected chi connectivity index (χ4v) is 3.36. The summed E-state index contributed by atoms with van der Waals surface area (Å²) < 4.78 is 32.1. The highest BCUT2D eigenvalue weighted by Crippen LogP contribution is 2.34. The third-order valence-electron chi connectivity index (χ3n) is 4.09. The molecule has 2 rings (SSSR count). The predicted octanol–water partition coefficient (Wildman–Crippen LogP) is 3.23. The summed E-state index contributed by atoms with van der Waals surface area (Å²) in [6, 6.07) is 6.16. The van der Waals surface area contributed by atoms with Gasteiger partial charge in [-0.1, -0.05) is 18.6 Å². The molecule has 1 unspecified atom stereocenters. The minimum Gasteiger partial charge on any atom is -0.459 e. The van der Waals surface area contributed by atoms with Crippen LogP contribution >= 0.6 is 0 Å². The standard InChI is InChI=1S/C19H29NO5S/c1-19(2,3)25-18(21)16-13-20-17-10-9-14(12-15(16)17)8-6-5-7-11-24-26(4,22)23/h9-10,12,16,20H,5-8,11,13H2,1-4H3. The molecule has 146 valence electrons. The molecule has 1 aromatic carbocycles. The molecule has 1 aliphatic rings. The van der Waals surface area contributed by atoms with Crippen molar-refractivity contribution in [2.75, 3.05) is 24.7 Å². The van der Waals surface area contributed by atoms with E-state index in [-0.39, 0.29) is 18.5 Å². The third kappa shape index (κ3) is 6.61. The Hall–Kier alpha value is -1.60. The molecular formula is C19H29NO5S. The number of carbonyl (C=O) groups excluding carboxylic acids is 1. The van der Waals surface area contributed by atoms with E-state index in [1.165, 1.54) is 5.56 Å². The highest BCUT2D eigenvalue weighted by Gasteiger charge is 2.32. The van der Waals surface area contributed by atoms with Crippen molar-refractivity contribution >= 4 is 21.8 Å². The first kappa shape index (κ1) is 20.7. The van der Waals surface area contributed by atoms with Crippen molar-refractivity contribution in [2.45, 2.75) is 58.0 Å². The van der Waals surface area contributed by atoms with Crippen LogP contribution < -0.4 is 5.32 Å². The van der Waals surface area contributed by atoms with Crippen molar-refractivity contribution in [1.29, 1.82) is 0 Å². The van der Waals surface area contributed by atoms with E-state index in [0.717, 1.165) is 36.8 Å². The zero-order valence-corrected chi connectivity index (χ0v) is 16.8. The van der Waals surface area contributed by atoms with Gasteiger partial charge in [0.25, 0.3) is 10.1 Å². The Bertz CT molecular complexity index is 737. The molecule has 0 amide bonds. The molecule has 0 bridgehead atoms. The largest absolute Gasteiger partial charge is 0.459 e. The van der Waals surface area contributed by atoms with E-state index in [2.05, 4.69) is 17.4 Å². The van der Waals surface area contributed by atoms with Crippen molar-refractivity contribution in [3.63, 3.8) is 0 Å². The first-order chi connectivity index (χ1) is 12.1. The monoisotopic (exact) mass is 383 g/mol. The van der Waals surface area contributed by atoms with Gasteiger partial charge in [-0.05, 0) is 57.2 Å². The highest BCUT2D eigenvalue weighted by atomic mass is 32.2. The summed E-state index contributed by atoms with van der Waals surface area (Å²) in [6.07, 6.45) is 4.48. The Labute approximate surface area is 156 Å². The number of aryl methyl sites for hydroxylation is 1. The van der Waals surface area contributed by atoms with Crippen LogP contribution in [0.25, 0.3) is 0 Å². The molecule has 0 saturated heterocycles. The number of fused-ring (bicyclic) bond motifs is 1. The second kappa shape index (κ2) is 8.39. The lowest BCUT2D eigenvalue weighted by atomic mass is 9.97. The number of nitrogens with one attached hydrogen (secondary N) is 1. The van der Waals surface area contributed by atoms with Crippen molar-refractivity contribution in [3.05, 3.63) is 29.3 Å². The second-order valence-corrected chi connectivity index (χ2v) is 9.37. The third-order valence-corrected chi connectivity index (χ3v) is 4.68. The predicted molar refractivity (Wildman–Crippen MR) is 102 cm³/mol. The fourth-order valence-electron chi connectivity index (χ4n) is 2.94. The van der Waals surface area contributed by atoms with E-state index in [1.807, 2.05) is 26.8 Å². The molecule has 0 saturated carbocycles. The number of hydrogen-bond acceptors (Lipinski definition) is 6. The maximum Gasteiger partial charge on any atom is 0.315 e. The number of esters is 1. The van der Waals surface area contributed by atoms with Crippen LogP contribution in [0.5, 0.6) is 0 Å². The lowest BCUT2D eigenvalue weighted by molar-refractivity contribution is -0.156. The molecule has 0 aliphatic carbocycles. The van der Waals surface area contributed by atoms with E-state index < -0.39 is 15.7 Å². The molecule has 1 aromatic rings. The zero-order chi connectivity index (χ0) is 19.4. The normalized spacial score (nSPS) is 16.8. The maximum absolute atomic E-state index is 12.4. The summed E-state index contributed by atoms with van der Waals surface area (Å²) >= 11 is 0. The number of unbranched alkanes of at least 4 members (excludes halogenated alkanes) is 2. The number of rotatable bonds is 8. The Morgan fingerprint density at radius 2 is 1.96 bits per heavy atom. The van der Waals surface area contributed by atoms with Crippen molar-refractivity contribution in [2.24, 2.45) is 0 Å². The van der Waals surface area contributed by atoms with E-state index in [0.29, 0.717) is 13.0 Å². The van der Waals surface area contributed by atoms with Gasteiger partial charge in [0.15, 0.2) is 0 Å². The Morgan fingerprint density at radius 1 is 1.23 bits per heavy atom. The van der Waals surface area contributed by atoms with Gasteiger partial charge in [-0.3, -0.25) is 8.98 Å². The summed E-state index contributed by atoms with van der Waals surface area (Å²) in [5.41, 5.74) is 2.67. The van der Waals surface area contributed by atoms with Crippen LogP contribution in [-0.4, -0.2) is 39.4 Å². The average Bonchev–Trinajstić information content (AvgIpc) is 2.91. The van der Waals surface area contributed by atoms with Crippen LogP contribution in [0.15, 0.2) is 18.2 Å². The van der Waals surface area contributed by atoms with Gasteiger partial charge in [-0.2, -0.15) is 8.42 Å². The average molecular weight is 384 g/mol. The quantitative estimate of drug-likeness (QED) is 0.422. The van der Waals surface area contributed by atoms with E-state index >= 15 is 0 Å². The van der Waals surface area contributed by atoms with Crippen LogP contribution in [0, 0.1) is 0 Å². The van der Waals surface area contributed by atoms with Gasteiger partial charge in [-0.25, -0.2) is 0 Å². The number of anilines is 1. The molecule has 0 fully saturated rings. The molecule has 0 radical (unpaired) electrons. The van der Waals surface area contributed by atoms with Crippen LogP contribution in [0.2, 0.25) is 0 Å². The van der Waals surface area contributed by atoms with Crippen LogP contribution in [0.1, 0.15) is 57.1 Å². The molecule has 1 N–H and O–H groups in total. The summed E-state index contributed by atoms with van der Waals surface area (Å²) in [5, 5.41) is 3.27. The van der Waals surface area contributed by atoms with Gasteiger partial charge in [0.05, 0.1) is 12.9 Å². The molecular weight excluding hydrogens is 354 g/mol. The summed E-state index contributed by atoms with van der Waals surface area (Å²) in [7, 11) is -3.35. The summed E-state index contributed by atoms with van der Waals surface area (Å²) in [4.78, 5) is 12.4. The van der Waals surface area contributed by atoms with Crippen LogP contribution in [0.3, 0.4) is 0 Å². The van der Waals surface area contributed by atoms with Crippen molar-refractivity contribution in [1.82, 2.24) is 0 Å². The fraction of sp³-hybridized carbons (Fsp3) is 0.632. The molecule has 0 spiro atoms. The minimum atomic E-state index is -3.35. The first-order valence-electron chi connectivity index (χ1n) is 8.99. The van der Waals surface area contributed by atoms with E-state index in [9.17, 15) is 13.2 Å². The van der Waals surface area contributed by atoms with E-state index in [4.69, 9.17) is 8.92 Å². The SMILES string of the molecule is CC(C)(C)OC(=O)C1CNc2ccc(CCCCCOS(C)(=O)=O)cc21. The van der Waals surface area contributed by atoms with E-state index in [1.54, 1.807) is 0 Å². The lowest BCUT2D eigenvalue weighted by Crippen LogP contribution is -2.28. The molecule has 26 heavy (non-hydrogen) atoms. The van der Waals surface area contributed by atoms with Crippen molar-refractivity contribution < 1.29 is 22.1 Å². The number of ether oxygens (including phenoxy) is 1. The topological polar surface area (TPSA) is 81.7 Å². The first-order valence-corrected chi connectivity index (χ1v) is 10.8.